The summed E-state index contributed by atoms with van der Waals surface area (Å²) in [4.78, 5) is 4.39. The number of rotatable bonds is 9. The van der Waals surface area contributed by atoms with Gasteiger partial charge in [0.05, 0.1) is 11.7 Å². The number of ether oxygens (including phenoxy) is 1. The van der Waals surface area contributed by atoms with Crippen molar-refractivity contribution in [1.29, 1.82) is 0 Å². The van der Waals surface area contributed by atoms with Crippen LogP contribution in [-0.4, -0.2) is 24.7 Å². The molecule has 0 saturated carbocycles. The highest BCUT2D eigenvalue weighted by atomic mass is 16.5. The van der Waals surface area contributed by atoms with Crippen molar-refractivity contribution in [3.63, 3.8) is 0 Å². The molecule has 1 atom stereocenters. The van der Waals surface area contributed by atoms with E-state index >= 15 is 0 Å². The van der Waals surface area contributed by atoms with E-state index in [4.69, 9.17) is 4.74 Å². The maximum atomic E-state index is 5.60. The van der Waals surface area contributed by atoms with Gasteiger partial charge in [-0.3, -0.25) is 4.98 Å². The Labute approximate surface area is 105 Å². The lowest BCUT2D eigenvalue weighted by Gasteiger charge is -2.17. The average molecular weight is 236 g/mol. The van der Waals surface area contributed by atoms with Gasteiger partial charge in [-0.25, -0.2) is 0 Å². The van der Waals surface area contributed by atoms with Gasteiger partial charge in [0.15, 0.2) is 0 Å². The van der Waals surface area contributed by atoms with Crippen LogP contribution in [0.5, 0.6) is 0 Å². The summed E-state index contributed by atoms with van der Waals surface area (Å²) >= 11 is 0. The summed E-state index contributed by atoms with van der Waals surface area (Å²) in [6.07, 6.45) is 5.17. The fourth-order valence-electron chi connectivity index (χ4n) is 1.73. The first-order valence-electron chi connectivity index (χ1n) is 6.60. The van der Waals surface area contributed by atoms with E-state index in [1.54, 1.807) is 0 Å². The van der Waals surface area contributed by atoms with E-state index in [-0.39, 0.29) is 0 Å². The molecule has 0 saturated heterocycles. The Hall–Kier alpha value is -0.930. The van der Waals surface area contributed by atoms with E-state index in [2.05, 4.69) is 30.2 Å². The van der Waals surface area contributed by atoms with E-state index in [1.807, 2.05) is 18.3 Å². The SMILES string of the molecule is CCCCOCCC(NCC)c1ccccn1. The lowest BCUT2D eigenvalue weighted by molar-refractivity contribution is 0.121. The van der Waals surface area contributed by atoms with Crippen LogP contribution < -0.4 is 5.32 Å². The van der Waals surface area contributed by atoms with Crippen molar-refractivity contribution in [2.75, 3.05) is 19.8 Å². The molecule has 96 valence electrons. The largest absolute Gasteiger partial charge is 0.381 e. The smallest absolute Gasteiger partial charge is 0.0574 e. The zero-order valence-corrected chi connectivity index (χ0v) is 11.0. The molecular formula is C14H24N2O. The zero-order valence-electron chi connectivity index (χ0n) is 11.0. The molecule has 0 radical (unpaired) electrons. The van der Waals surface area contributed by atoms with Gasteiger partial charge in [0.1, 0.15) is 0 Å². The van der Waals surface area contributed by atoms with Gasteiger partial charge in [0, 0.05) is 19.4 Å². The third-order valence-electron chi connectivity index (χ3n) is 2.69. The van der Waals surface area contributed by atoms with Crippen molar-refractivity contribution in [2.45, 2.75) is 39.2 Å². The molecular weight excluding hydrogens is 212 g/mol. The molecule has 0 amide bonds. The molecule has 0 fully saturated rings. The van der Waals surface area contributed by atoms with Crippen molar-refractivity contribution in [1.82, 2.24) is 10.3 Å². The third-order valence-corrected chi connectivity index (χ3v) is 2.69. The molecule has 1 unspecified atom stereocenters. The quantitative estimate of drug-likeness (QED) is 0.669. The maximum absolute atomic E-state index is 5.60. The lowest BCUT2D eigenvalue weighted by Crippen LogP contribution is -2.23. The van der Waals surface area contributed by atoms with Crippen LogP contribution in [0.1, 0.15) is 44.8 Å². The van der Waals surface area contributed by atoms with Crippen molar-refractivity contribution in [3.8, 4) is 0 Å². The molecule has 1 aromatic rings. The van der Waals surface area contributed by atoms with Gasteiger partial charge in [0.2, 0.25) is 0 Å². The fourth-order valence-corrected chi connectivity index (χ4v) is 1.73. The lowest BCUT2D eigenvalue weighted by atomic mass is 10.1. The first-order valence-corrected chi connectivity index (χ1v) is 6.60. The average Bonchev–Trinajstić information content (AvgIpc) is 2.38. The van der Waals surface area contributed by atoms with Crippen molar-refractivity contribution >= 4 is 0 Å². The monoisotopic (exact) mass is 236 g/mol. The first-order chi connectivity index (χ1) is 8.38. The number of aromatic nitrogens is 1. The first kappa shape index (κ1) is 14.1. The summed E-state index contributed by atoms with van der Waals surface area (Å²) in [5.74, 6) is 0. The molecule has 1 rings (SSSR count). The standard InChI is InChI=1S/C14H24N2O/c1-3-5-11-17-12-9-14(15-4-2)13-8-6-7-10-16-13/h6-8,10,14-15H,3-5,9,11-12H2,1-2H3. The van der Waals surface area contributed by atoms with E-state index in [1.165, 1.54) is 6.42 Å². The van der Waals surface area contributed by atoms with Crippen LogP contribution in [0.3, 0.4) is 0 Å². The minimum atomic E-state index is 0.308. The van der Waals surface area contributed by atoms with Gasteiger partial charge in [-0.2, -0.15) is 0 Å². The molecule has 1 heterocycles. The van der Waals surface area contributed by atoms with Crippen molar-refractivity contribution < 1.29 is 4.74 Å². The van der Waals surface area contributed by atoms with E-state index in [9.17, 15) is 0 Å². The van der Waals surface area contributed by atoms with Crippen molar-refractivity contribution in [2.24, 2.45) is 0 Å². The number of nitrogens with zero attached hydrogens (tertiary/aromatic N) is 1. The number of hydrogen-bond donors (Lipinski definition) is 1. The van der Waals surface area contributed by atoms with Gasteiger partial charge in [-0.1, -0.05) is 26.3 Å². The second kappa shape index (κ2) is 9.14. The minimum absolute atomic E-state index is 0.308. The number of hydrogen-bond acceptors (Lipinski definition) is 3. The molecule has 3 nitrogen and oxygen atoms in total. The topological polar surface area (TPSA) is 34.1 Å². The van der Waals surface area contributed by atoms with Gasteiger partial charge < -0.3 is 10.1 Å². The highest BCUT2D eigenvalue weighted by molar-refractivity contribution is 5.08. The Kier molecular flexibility index (Phi) is 7.60. The molecule has 0 aliphatic carbocycles. The summed E-state index contributed by atoms with van der Waals surface area (Å²) < 4.78 is 5.60. The Morgan fingerprint density at radius 2 is 2.18 bits per heavy atom. The number of nitrogens with one attached hydrogen (secondary N) is 1. The van der Waals surface area contributed by atoms with Crippen LogP contribution in [0, 0.1) is 0 Å². The van der Waals surface area contributed by atoms with E-state index in [0.29, 0.717) is 6.04 Å². The second-order valence-corrected chi connectivity index (χ2v) is 4.12. The van der Waals surface area contributed by atoms with Gasteiger partial charge in [-0.15, -0.1) is 0 Å². The van der Waals surface area contributed by atoms with Crippen LogP contribution in [0.4, 0.5) is 0 Å². The summed E-state index contributed by atoms with van der Waals surface area (Å²) in [6.45, 7) is 6.93. The van der Waals surface area contributed by atoms with Crippen LogP contribution >= 0.6 is 0 Å². The highest BCUT2D eigenvalue weighted by Gasteiger charge is 2.10. The van der Waals surface area contributed by atoms with Crippen LogP contribution in [0.2, 0.25) is 0 Å². The Balaban J connectivity index is 2.33. The summed E-state index contributed by atoms with van der Waals surface area (Å²) in [5.41, 5.74) is 1.11. The predicted octanol–water partition coefficient (Wildman–Crippen LogP) is 2.94. The normalized spacial score (nSPS) is 12.6. The van der Waals surface area contributed by atoms with Gasteiger partial charge in [-0.05, 0) is 31.5 Å². The van der Waals surface area contributed by atoms with Crippen LogP contribution in [0.25, 0.3) is 0 Å². The molecule has 17 heavy (non-hydrogen) atoms. The van der Waals surface area contributed by atoms with Gasteiger partial charge in [0.25, 0.3) is 0 Å². The van der Waals surface area contributed by atoms with Crippen LogP contribution in [-0.2, 0) is 4.74 Å². The molecule has 3 heteroatoms. The van der Waals surface area contributed by atoms with Crippen LogP contribution in [0.15, 0.2) is 24.4 Å². The fraction of sp³-hybridized carbons (Fsp3) is 0.643. The van der Waals surface area contributed by atoms with E-state index in [0.717, 1.165) is 38.3 Å². The molecule has 0 bridgehead atoms. The molecule has 1 N–H and O–H groups in total. The summed E-state index contributed by atoms with van der Waals surface area (Å²) in [5, 5.41) is 3.45. The summed E-state index contributed by atoms with van der Waals surface area (Å²) in [7, 11) is 0. The highest BCUT2D eigenvalue weighted by Crippen LogP contribution is 2.13. The van der Waals surface area contributed by atoms with E-state index < -0.39 is 0 Å². The number of unbranched alkanes of at least 4 members (excludes halogenated alkanes) is 1. The number of pyridine rings is 1. The summed E-state index contributed by atoms with van der Waals surface area (Å²) in [6, 6.07) is 6.36. The Morgan fingerprint density at radius 1 is 1.29 bits per heavy atom. The van der Waals surface area contributed by atoms with Gasteiger partial charge >= 0.3 is 0 Å². The predicted molar refractivity (Wildman–Crippen MR) is 71.0 cm³/mol. The zero-order chi connectivity index (χ0) is 12.3. The third kappa shape index (κ3) is 5.80. The second-order valence-electron chi connectivity index (χ2n) is 4.12. The molecule has 1 aromatic heterocycles. The molecule has 0 aliphatic heterocycles. The molecule has 0 aliphatic rings. The maximum Gasteiger partial charge on any atom is 0.0574 e. The van der Waals surface area contributed by atoms with Crippen molar-refractivity contribution in [3.05, 3.63) is 30.1 Å². The molecule has 0 aromatic carbocycles. The Morgan fingerprint density at radius 3 is 2.82 bits per heavy atom. The minimum Gasteiger partial charge on any atom is -0.381 e. The Bertz CT molecular complexity index is 277. The molecule has 0 spiro atoms.